The van der Waals surface area contributed by atoms with Crippen LogP contribution in [0.3, 0.4) is 0 Å². The van der Waals surface area contributed by atoms with Crippen molar-refractivity contribution in [2.45, 2.75) is 25.8 Å². The standard InChI is InChI=1S/C14H20N2O3/c1-9-4-5-16(11(6-9)8-15)14(19)10-2-3-12(17)13(18)7-10/h2-3,7,9,11,17-18H,4-6,8,15H2,1H3. The van der Waals surface area contributed by atoms with E-state index in [9.17, 15) is 15.0 Å². The van der Waals surface area contributed by atoms with Crippen LogP contribution in [0.25, 0.3) is 0 Å². The van der Waals surface area contributed by atoms with Crippen LogP contribution in [0.5, 0.6) is 11.5 Å². The molecule has 0 bridgehead atoms. The van der Waals surface area contributed by atoms with Gasteiger partial charge in [-0.25, -0.2) is 0 Å². The van der Waals surface area contributed by atoms with Crippen LogP contribution in [0, 0.1) is 5.92 Å². The Morgan fingerprint density at radius 1 is 1.42 bits per heavy atom. The first-order chi connectivity index (χ1) is 9.02. The lowest BCUT2D eigenvalue weighted by atomic mass is 9.92. The average molecular weight is 264 g/mol. The minimum atomic E-state index is -0.277. The van der Waals surface area contributed by atoms with Crippen molar-refractivity contribution >= 4 is 5.91 Å². The SMILES string of the molecule is CC1CCN(C(=O)c2ccc(O)c(O)c2)C(CN)C1. The molecule has 0 spiro atoms. The normalized spacial score (nSPS) is 23.4. The Hall–Kier alpha value is -1.75. The Bertz CT molecular complexity index is 476. The van der Waals surface area contributed by atoms with Crippen LogP contribution >= 0.6 is 0 Å². The summed E-state index contributed by atoms with van der Waals surface area (Å²) in [5.74, 6) is -0.0665. The number of amides is 1. The first-order valence-corrected chi connectivity index (χ1v) is 6.56. The first-order valence-electron chi connectivity index (χ1n) is 6.56. The summed E-state index contributed by atoms with van der Waals surface area (Å²) in [6.45, 7) is 3.29. The number of benzene rings is 1. The van der Waals surface area contributed by atoms with Gasteiger partial charge in [-0.2, -0.15) is 0 Å². The number of phenolic OH excluding ortho intramolecular Hbond substituents is 2. The zero-order valence-corrected chi connectivity index (χ0v) is 11.0. The molecule has 4 N–H and O–H groups in total. The molecular formula is C14H20N2O3. The number of phenols is 2. The van der Waals surface area contributed by atoms with Gasteiger partial charge in [0.1, 0.15) is 0 Å². The highest BCUT2D eigenvalue weighted by atomic mass is 16.3. The van der Waals surface area contributed by atoms with Crippen molar-refractivity contribution in [2.75, 3.05) is 13.1 Å². The lowest BCUT2D eigenvalue weighted by molar-refractivity contribution is 0.0573. The monoisotopic (exact) mass is 264 g/mol. The lowest BCUT2D eigenvalue weighted by Gasteiger charge is -2.38. The molecule has 1 saturated heterocycles. The van der Waals surface area contributed by atoms with Crippen molar-refractivity contribution in [3.8, 4) is 11.5 Å². The Morgan fingerprint density at radius 2 is 2.16 bits per heavy atom. The van der Waals surface area contributed by atoms with Crippen molar-refractivity contribution < 1.29 is 15.0 Å². The Kier molecular flexibility index (Phi) is 3.95. The molecule has 1 aliphatic heterocycles. The third-order valence-corrected chi connectivity index (χ3v) is 3.73. The molecule has 1 fully saturated rings. The molecule has 0 aromatic heterocycles. The van der Waals surface area contributed by atoms with Crippen LogP contribution in [0.1, 0.15) is 30.1 Å². The van der Waals surface area contributed by atoms with Crippen LogP contribution in [0.2, 0.25) is 0 Å². The fourth-order valence-electron chi connectivity index (χ4n) is 2.56. The number of nitrogens with two attached hydrogens (primary N) is 1. The van der Waals surface area contributed by atoms with Crippen molar-refractivity contribution in [1.29, 1.82) is 0 Å². The van der Waals surface area contributed by atoms with Crippen molar-refractivity contribution in [3.63, 3.8) is 0 Å². The van der Waals surface area contributed by atoms with Crippen molar-refractivity contribution in [2.24, 2.45) is 11.7 Å². The van der Waals surface area contributed by atoms with Gasteiger partial charge >= 0.3 is 0 Å². The van der Waals surface area contributed by atoms with Crippen LogP contribution in [0.15, 0.2) is 18.2 Å². The molecular weight excluding hydrogens is 244 g/mol. The Labute approximate surface area is 112 Å². The number of nitrogens with zero attached hydrogens (tertiary/aromatic N) is 1. The second-order valence-electron chi connectivity index (χ2n) is 5.22. The van der Waals surface area contributed by atoms with Gasteiger partial charge in [0.2, 0.25) is 0 Å². The van der Waals surface area contributed by atoms with Gasteiger partial charge < -0.3 is 20.8 Å². The molecule has 1 aromatic rings. The van der Waals surface area contributed by atoms with E-state index in [1.807, 2.05) is 0 Å². The van der Waals surface area contributed by atoms with Gasteiger partial charge in [0.25, 0.3) is 5.91 Å². The molecule has 5 heteroatoms. The first kappa shape index (κ1) is 13.7. The summed E-state index contributed by atoms with van der Waals surface area (Å²) in [5, 5.41) is 18.7. The van der Waals surface area contributed by atoms with Crippen LogP contribution in [-0.4, -0.2) is 40.2 Å². The Morgan fingerprint density at radius 3 is 2.79 bits per heavy atom. The maximum atomic E-state index is 12.4. The van der Waals surface area contributed by atoms with E-state index < -0.39 is 0 Å². The zero-order valence-electron chi connectivity index (χ0n) is 11.0. The summed E-state index contributed by atoms with van der Waals surface area (Å²) in [6.07, 6.45) is 1.87. The maximum absolute atomic E-state index is 12.4. The molecule has 104 valence electrons. The predicted molar refractivity (Wildman–Crippen MR) is 72.0 cm³/mol. The Balaban J connectivity index is 2.20. The topological polar surface area (TPSA) is 86.8 Å². The van der Waals surface area contributed by atoms with Gasteiger partial charge in [0.05, 0.1) is 0 Å². The molecule has 0 aliphatic carbocycles. The van der Waals surface area contributed by atoms with E-state index in [0.717, 1.165) is 12.8 Å². The third-order valence-electron chi connectivity index (χ3n) is 3.73. The van der Waals surface area contributed by atoms with Gasteiger partial charge in [-0.3, -0.25) is 4.79 Å². The maximum Gasteiger partial charge on any atom is 0.254 e. The van der Waals surface area contributed by atoms with E-state index in [1.165, 1.54) is 18.2 Å². The summed E-state index contributed by atoms with van der Waals surface area (Å²) < 4.78 is 0. The van der Waals surface area contributed by atoms with Gasteiger partial charge in [-0.05, 0) is 37.0 Å². The molecule has 1 aromatic carbocycles. The fourth-order valence-corrected chi connectivity index (χ4v) is 2.56. The number of piperidine rings is 1. The molecule has 1 aliphatic rings. The van der Waals surface area contributed by atoms with E-state index >= 15 is 0 Å². The minimum absolute atomic E-state index is 0.0483. The van der Waals surface area contributed by atoms with E-state index in [2.05, 4.69) is 6.92 Å². The lowest BCUT2D eigenvalue weighted by Crippen LogP contribution is -2.49. The second kappa shape index (κ2) is 5.48. The van der Waals surface area contributed by atoms with E-state index in [0.29, 0.717) is 24.6 Å². The number of aromatic hydroxyl groups is 2. The molecule has 5 nitrogen and oxygen atoms in total. The molecule has 1 amide bonds. The highest BCUT2D eigenvalue weighted by Gasteiger charge is 2.29. The summed E-state index contributed by atoms with van der Waals surface area (Å²) in [5.41, 5.74) is 6.12. The summed E-state index contributed by atoms with van der Waals surface area (Å²) >= 11 is 0. The van der Waals surface area contributed by atoms with Gasteiger partial charge in [-0.15, -0.1) is 0 Å². The second-order valence-corrected chi connectivity index (χ2v) is 5.22. The number of carbonyl (C=O) groups excluding carboxylic acids is 1. The van der Waals surface area contributed by atoms with Gasteiger partial charge in [-0.1, -0.05) is 6.92 Å². The number of carbonyl (C=O) groups is 1. The molecule has 1 heterocycles. The van der Waals surface area contributed by atoms with Gasteiger partial charge in [0, 0.05) is 24.7 Å². The molecule has 0 radical (unpaired) electrons. The van der Waals surface area contributed by atoms with Crippen molar-refractivity contribution in [3.05, 3.63) is 23.8 Å². The van der Waals surface area contributed by atoms with E-state index in [-0.39, 0.29) is 23.4 Å². The van der Waals surface area contributed by atoms with E-state index in [1.54, 1.807) is 4.90 Å². The fraction of sp³-hybridized carbons (Fsp3) is 0.500. The molecule has 0 saturated carbocycles. The predicted octanol–water partition coefficient (Wildman–Crippen LogP) is 1.30. The van der Waals surface area contributed by atoms with Gasteiger partial charge in [0.15, 0.2) is 11.5 Å². The zero-order chi connectivity index (χ0) is 14.0. The quantitative estimate of drug-likeness (QED) is 0.703. The third kappa shape index (κ3) is 2.81. The molecule has 2 rings (SSSR count). The van der Waals surface area contributed by atoms with Crippen molar-refractivity contribution in [1.82, 2.24) is 4.90 Å². The highest BCUT2D eigenvalue weighted by molar-refractivity contribution is 5.95. The molecule has 2 unspecified atom stereocenters. The summed E-state index contributed by atoms with van der Waals surface area (Å²) in [6, 6.07) is 4.19. The number of hydrogen-bond acceptors (Lipinski definition) is 4. The number of likely N-dealkylation sites (tertiary alicyclic amines) is 1. The average Bonchev–Trinajstić information content (AvgIpc) is 2.41. The smallest absolute Gasteiger partial charge is 0.254 e. The summed E-state index contributed by atoms with van der Waals surface area (Å²) in [7, 11) is 0. The molecule has 19 heavy (non-hydrogen) atoms. The van der Waals surface area contributed by atoms with E-state index in [4.69, 9.17) is 5.73 Å². The number of hydrogen-bond donors (Lipinski definition) is 3. The molecule has 2 atom stereocenters. The number of rotatable bonds is 2. The largest absolute Gasteiger partial charge is 0.504 e. The van der Waals surface area contributed by atoms with Crippen LogP contribution in [0.4, 0.5) is 0 Å². The summed E-state index contributed by atoms with van der Waals surface area (Å²) in [4.78, 5) is 14.2. The van der Waals surface area contributed by atoms with Crippen LogP contribution < -0.4 is 5.73 Å². The minimum Gasteiger partial charge on any atom is -0.504 e. The van der Waals surface area contributed by atoms with Crippen LogP contribution in [-0.2, 0) is 0 Å². The highest BCUT2D eigenvalue weighted by Crippen LogP contribution is 2.28.